The van der Waals surface area contributed by atoms with Crippen LogP contribution in [0.25, 0.3) is 0 Å². The van der Waals surface area contributed by atoms with Crippen molar-refractivity contribution in [3.05, 3.63) is 64.7 Å². The molecule has 2 fully saturated rings. The topological polar surface area (TPSA) is 45.2 Å². The SMILES string of the molecule is Cl.O=C(c1cncc(Cl)c1)N1C[C@@H]2CNC[C@@H]2[C@H]1c1cccc(F)c1. The summed E-state index contributed by atoms with van der Waals surface area (Å²) in [6.45, 7) is 2.38. The molecule has 0 aliphatic carbocycles. The quantitative estimate of drug-likeness (QED) is 0.867. The minimum atomic E-state index is -0.279. The molecule has 1 N–H and O–H groups in total. The summed E-state index contributed by atoms with van der Waals surface area (Å²) in [7, 11) is 0. The van der Waals surface area contributed by atoms with Gasteiger partial charge in [-0.3, -0.25) is 9.78 Å². The molecule has 4 nitrogen and oxygen atoms in total. The number of carbonyl (C=O) groups excluding carboxylic acids is 1. The van der Waals surface area contributed by atoms with Crippen LogP contribution in [0.15, 0.2) is 42.7 Å². The van der Waals surface area contributed by atoms with E-state index in [2.05, 4.69) is 10.3 Å². The van der Waals surface area contributed by atoms with Gasteiger partial charge < -0.3 is 10.2 Å². The first-order valence-electron chi connectivity index (χ1n) is 8.01. The van der Waals surface area contributed by atoms with E-state index in [0.717, 1.165) is 18.7 Å². The molecule has 0 spiro atoms. The van der Waals surface area contributed by atoms with Gasteiger partial charge in [0.2, 0.25) is 0 Å². The summed E-state index contributed by atoms with van der Waals surface area (Å²) in [4.78, 5) is 18.9. The molecule has 1 amide bonds. The molecule has 0 bridgehead atoms. The van der Waals surface area contributed by atoms with Crippen LogP contribution in [0.4, 0.5) is 4.39 Å². The Morgan fingerprint density at radius 2 is 2.12 bits per heavy atom. The van der Waals surface area contributed by atoms with Crippen LogP contribution in [0.1, 0.15) is 22.0 Å². The number of halogens is 3. The number of fused-ring (bicyclic) bond motifs is 1. The Kier molecular flexibility index (Phi) is 5.27. The van der Waals surface area contributed by atoms with Crippen molar-refractivity contribution in [1.82, 2.24) is 15.2 Å². The molecule has 7 heteroatoms. The van der Waals surface area contributed by atoms with E-state index in [9.17, 15) is 9.18 Å². The summed E-state index contributed by atoms with van der Waals surface area (Å²) in [5.74, 6) is 0.296. The lowest BCUT2D eigenvalue weighted by molar-refractivity contribution is 0.0713. The van der Waals surface area contributed by atoms with Gasteiger partial charge in [-0.25, -0.2) is 4.39 Å². The van der Waals surface area contributed by atoms with Crippen molar-refractivity contribution >= 4 is 29.9 Å². The molecule has 1 aromatic heterocycles. The van der Waals surface area contributed by atoms with Gasteiger partial charge in [0.25, 0.3) is 5.91 Å². The maximum absolute atomic E-state index is 13.7. The largest absolute Gasteiger partial charge is 0.331 e. The Hall–Kier alpha value is -1.69. The average molecular weight is 382 g/mol. The number of rotatable bonds is 2. The van der Waals surface area contributed by atoms with Crippen molar-refractivity contribution in [3.63, 3.8) is 0 Å². The number of nitrogens with zero attached hydrogens (tertiary/aromatic N) is 2. The second kappa shape index (κ2) is 7.28. The van der Waals surface area contributed by atoms with Gasteiger partial charge in [0.1, 0.15) is 5.82 Å². The van der Waals surface area contributed by atoms with Crippen molar-refractivity contribution in [2.45, 2.75) is 6.04 Å². The van der Waals surface area contributed by atoms with Gasteiger partial charge in [-0.2, -0.15) is 0 Å². The molecule has 0 unspecified atom stereocenters. The monoisotopic (exact) mass is 381 g/mol. The zero-order chi connectivity index (χ0) is 16.7. The van der Waals surface area contributed by atoms with Crippen LogP contribution in [0.2, 0.25) is 5.02 Å². The van der Waals surface area contributed by atoms with Gasteiger partial charge in [0, 0.05) is 37.9 Å². The molecule has 25 heavy (non-hydrogen) atoms. The average Bonchev–Trinajstić information content (AvgIpc) is 3.14. The van der Waals surface area contributed by atoms with Crippen LogP contribution >= 0.6 is 24.0 Å². The highest BCUT2D eigenvalue weighted by molar-refractivity contribution is 6.30. The summed E-state index contributed by atoms with van der Waals surface area (Å²) in [5.41, 5.74) is 1.31. The third-order valence-electron chi connectivity index (χ3n) is 4.97. The minimum absolute atomic E-state index is 0. The molecule has 2 aromatic rings. The van der Waals surface area contributed by atoms with E-state index in [-0.39, 0.29) is 30.2 Å². The molecule has 0 saturated carbocycles. The smallest absolute Gasteiger partial charge is 0.256 e. The second-order valence-electron chi connectivity index (χ2n) is 6.43. The van der Waals surface area contributed by atoms with E-state index >= 15 is 0 Å². The van der Waals surface area contributed by atoms with Crippen LogP contribution < -0.4 is 5.32 Å². The molecule has 0 radical (unpaired) electrons. The zero-order valence-corrected chi connectivity index (χ0v) is 14.9. The predicted molar refractivity (Wildman–Crippen MR) is 96.5 cm³/mol. The first-order valence-corrected chi connectivity index (χ1v) is 8.39. The number of hydrogen-bond acceptors (Lipinski definition) is 3. The van der Waals surface area contributed by atoms with Crippen molar-refractivity contribution < 1.29 is 9.18 Å². The van der Waals surface area contributed by atoms with E-state index in [1.807, 2.05) is 11.0 Å². The molecule has 3 heterocycles. The molecule has 2 saturated heterocycles. The highest BCUT2D eigenvalue weighted by atomic mass is 35.5. The van der Waals surface area contributed by atoms with Crippen molar-refractivity contribution in [1.29, 1.82) is 0 Å². The molecule has 3 atom stereocenters. The molecule has 1 aromatic carbocycles. The van der Waals surface area contributed by atoms with E-state index < -0.39 is 0 Å². The number of nitrogens with one attached hydrogen (secondary N) is 1. The Bertz CT molecular complexity index is 788. The summed E-state index contributed by atoms with van der Waals surface area (Å²) in [6.07, 6.45) is 3.04. The maximum Gasteiger partial charge on any atom is 0.256 e. The highest BCUT2D eigenvalue weighted by Gasteiger charge is 2.46. The van der Waals surface area contributed by atoms with Crippen LogP contribution in [0.3, 0.4) is 0 Å². The Balaban J connectivity index is 0.00000182. The Morgan fingerprint density at radius 3 is 2.88 bits per heavy atom. The first-order chi connectivity index (χ1) is 11.6. The fourth-order valence-electron chi connectivity index (χ4n) is 3.94. The third-order valence-corrected chi connectivity index (χ3v) is 5.17. The normalized spacial score (nSPS) is 24.7. The van der Waals surface area contributed by atoms with Crippen LogP contribution in [-0.2, 0) is 0 Å². The zero-order valence-electron chi connectivity index (χ0n) is 13.4. The number of likely N-dealkylation sites (tertiary alicyclic amines) is 1. The number of pyridine rings is 1. The van der Waals surface area contributed by atoms with Gasteiger partial charge in [0.05, 0.1) is 16.6 Å². The Labute approximate surface area is 156 Å². The predicted octanol–water partition coefficient (Wildman–Crippen LogP) is 3.33. The minimum Gasteiger partial charge on any atom is -0.331 e. The molecular weight excluding hydrogens is 364 g/mol. The third kappa shape index (κ3) is 3.36. The van der Waals surface area contributed by atoms with Crippen LogP contribution in [-0.4, -0.2) is 35.4 Å². The van der Waals surface area contributed by atoms with E-state index in [1.165, 1.54) is 24.5 Å². The lowest BCUT2D eigenvalue weighted by Gasteiger charge is -2.28. The highest BCUT2D eigenvalue weighted by Crippen LogP contribution is 2.43. The van der Waals surface area contributed by atoms with E-state index in [0.29, 0.717) is 29.0 Å². The van der Waals surface area contributed by atoms with Crippen LogP contribution in [0.5, 0.6) is 0 Å². The second-order valence-corrected chi connectivity index (χ2v) is 6.87. The number of hydrogen-bond donors (Lipinski definition) is 1. The summed E-state index contributed by atoms with van der Waals surface area (Å²) in [6, 6.07) is 8.05. The molecule has 4 rings (SSSR count). The molecule has 2 aliphatic heterocycles. The molecular formula is C18H18Cl2FN3O. The number of carbonyl (C=O) groups is 1. The van der Waals surface area contributed by atoms with Gasteiger partial charge in [-0.05, 0) is 29.7 Å². The van der Waals surface area contributed by atoms with Crippen molar-refractivity contribution in [2.75, 3.05) is 19.6 Å². The summed E-state index contributed by atoms with van der Waals surface area (Å²) in [5, 5.41) is 3.82. The van der Waals surface area contributed by atoms with Gasteiger partial charge in [-0.1, -0.05) is 23.7 Å². The molecule has 132 valence electrons. The van der Waals surface area contributed by atoms with E-state index in [4.69, 9.17) is 11.6 Å². The van der Waals surface area contributed by atoms with Crippen molar-refractivity contribution in [3.8, 4) is 0 Å². The number of amides is 1. The number of benzene rings is 1. The Morgan fingerprint density at radius 1 is 1.28 bits per heavy atom. The first kappa shape index (κ1) is 18.1. The van der Waals surface area contributed by atoms with Gasteiger partial charge in [0.15, 0.2) is 0 Å². The molecule has 2 aliphatic rings. The van der Waals surface area contributed by atoms with Gasteiger partial charge in [-0.15, -0.1) is 12.4 Å². The fraction of sp³-hybridized carbons (Fsp3) is 0.333. The van der Waals surface area contributed by atoms with Crippen molar-refractivity contribution in [2.24, 2.45) is 11.8 Å². The lowest BCUT2D eigenvalue weighted by Crippen LogP contribution is -2.34. The lowest BCUT2D eigenvalue weighted by atomic mass is 9.89. The summed E-state index contributed by atoms with van der Waals surface area (Å²) < 4.78 is 13.7. The van der Waals surface area contributed by atoms with Gasteiger partial charge >= 0.3 is 0 Å². The fourth-order valence-corrected chi connectivity index (χ4v) is 4.12. The number of aromatic nitrogens is 1. The maximum atomic E-state index is 13.7. The van der Waals surface area contributed by atoms with Crippen LogP contribution in [0, 0.1) is 17.7 Å². The summed E-state index contributed by atoms with van der Waals surface area (Å²) >= 11 is 5.97. The standard InChI is InChI=1S/C18H17ClFN3O.ClH/c19-14-4-12(6-21-8-14)18(24)23-10-13-7-22-9-16(13)17(23)11-2-1-3-15(20)5-11;/h1-6,8,13,16-17,22H,7,9-10H2;1H/t13-,16-,17+;/m0./s1. The van der Waals surface area contributed by atoms with E-state index in [1.54, 1.807) is 12.1 Å².